The molecule has 4 nitrogen and oxygen atoms in total. The van der Waals surface area contributed by atoms with Crippen LogP contribution in [0.3, 0.4) is 0 Å². The van der Waals surface area contributed by atoms with Gasteiger partial charge in [0.1, 0.15) is 11.6 Å². The summed E-state index contributed by atoms with van der Waals surface area (Å²) in [5.74, 6) is -0.175. The molecule has 0 aliphatic heterocycles. The molecular weight excluding hydrogens is 187 g/mol. The molecule has 0 heterocycles. The van der Waals surface area contributed by atoms with Crippen molar-refractivity contribution < 1.29 is 13.9 Å². The number of rotatable bonds is 4. The molecule has 0 unspecified atom stereocenters. The lowest BCUT2D eigenvalue weighted by molar-refractivity contribution is -0.123. The van der Waals surface area contributed by atoms with Crippen LogP contribution in [0.25, 0.3) is 0 Å². The first-order valence-corrected chi connectivity index (χ1v) is 4.06. The van der Waals surface area contributed by atoms with E-state index in [1.807, 2.05) is 0 Å². The van der Waals surface area contributed by atoms with Crippen molar-refractivity contribution in [2.45, 2.75) is 0 Å². The van der Waals surface area contributed by atoms with Gasteiger partial charge in [0.05, 0.1) is 0 Å². The Morgan fingerprint density at radius 3 is 2.64 bits per heavy atom. The first-order chi connectivity index (χ1) is 6.72. The van der Waals surface area contributed by atoms with E-state index in [4.69, 9.17) is 4.74 Å². The molecule has 14 heavy (non-hydrogen) atoms. The summed E-state index contributed by atoms with van der Waals surface area (Å²) in [7, 11) is 1.58. The molecule has 76 valence electrons. The zero-order chi connectivity index (χ0) is 10.4. The van der Waals surface area contributed by atoms with E-state index in [2.05, 4.69) is 10.9 Å². The minimum atomic E-state index is -0.336. The fraction of sp³-hybridized carbons (Fsp3) is 0.222. The first kappa shape index (κ1) is 10.5. The Kier molecular flexibility index (Phi) is 3.87. The van der Waals surface area contributed by atoms with Gasteiger partial charge in [-0.25, -0.2) is 9.82 Å². The lowest BCUT2D eigenvalue weighted by Crippen LogP contribution is -2.37. The molecule has 0 aromatic heterocycles. The third-order valence-corrected chi connectivity index (χ3v) is 1.45. The lowest BCUT2D eigenvalue weighted by Gasteiger charge is -2.05. The van der Waals surface area contributed by atoms with E-state index in [-0.39, 0.29) is 18.3 Å². The molecule has 0 fully saturated rings. The highest BCUT2D eigenvalue weighted by Crippen LogP contribution is 2.10. The SMILES string of the molecule is CNNC(=O)COc1ccc(F)cc1. The van der Waals surface area contributed by atoms with Crippen molar-refractivity contribution in [2.24, 2.45) is 0 Å². The van der Waals surface area contributed by atoms with E-state index < -0.39 is 0 Å². The van der Waals surface area contributed by atoms with Gasteiger partial charge >= 0.3 is 0 Å². The summed E-state index contributed by atoms with van der Waals surface area (Å²) in [6.07, 6.45) is 0. The molecule has 2 N–H and O–H groups in total. The van der Waals surface area contributed by atoms with Crippen molar-refractivity contribution in [3.05, 3.63) is 30.1 Å². The Bertz CT molecular complexity index is 300. The van der Waals surface area contributed by atoms with Crippen LogP contribution in [0, 0.1) is 5.82 Å². The molecule has 1 amide bonds. The fourth-order valence-electron chi connectivity index (χ4n) is 0.855. The second-order valence-corrected chi connectivity index (χ2v) is 2.54. The van der Waals surface area contributed by atoms with Crippen molar-refractivity contribution in [3.8, 4) is 5.75 Å². The Labute approximate surface area is 81.0 Å². The lowest BCUT2D eigenvalue weighted by atomic mass is 10.3. The molecular formula is C9H11FN2O2. The zero-order valence-electron chi connectivity index (χ0n) is 7.71. The number of hydrogen-bond acceptors (Lipinski definition) is 3. The normalized spacial score (nSPS) is 9.57. The number of halogens is 1. The topological polar surface area (TPSA) is 50.4 Å². The summed E-state index contributed by atoms with van der Waals surface area (Å²) in [5.41, 5.74) is 4.81. The van der Waals surface area contributed by atoms with Gasteiger partial charge in [-0.3, -0.25) is 10.2 Å². The maximum atomic E-state index is 12.5. The van der Waals surface area contributed by atoms with Crippen LogP contribution in [0.2, 0.25) is 0 Å². The highest BCUT2D eigenvalue weighted by molar-refractivity contribution is 5.76. The average molecular weight is 198 g/mol. The van der Waals surface area contributed by atoms with Gasteiger partial charge in [0.25, 0.3) is 5.91 Å². The molecule has 0 atom stereocenters. The molecule has 0 spiro atoms. The van der Waals surface area contributed by atoms with Crippen molar-refractivity contribution in [1.82, 2.24) is 10.9 Å². The van der Waals surface area contributed by atoms with Crippen LogP contribution in [0.15, 0.2) is 24.3 Å². The Balaban J connectivity index is 2.38. The Morgan fingerprint density at radius 1 is 1.43 bits per heavy atom. The minimum Gasteiger partial charge on any atom is -0.484 e. The summed E-state index contributed by atoms with van der Waals surface area (Å²) >= 11 is 0. The number of carbonyl (C=O) groups excluding carboxylic acids is 1. The summed E-state index contributed by atoms with van der Waals surface area (Å²) in [6.45, 7) is -0.105. The summed E-state index contributed by atoms with van der Waals surface area (Å²) in [5, 5.41) is 0. The van der Waals surface area contributed by atoms with Crippen molar-refractivity contribution in [2.75, 3.05) is 13.7 Å². The zero-order valence-corrected chi connectivity index (χ0v) is 7.71. The van der Waals surface area contributed by atoms with E-state index >= 15 is 0 Å². The molecule has 0 aliphatic carbocycles. The van der Waals surface area contributed by atoms with Crippen molar-refractivity contribution in [3.63, 3.8) is 0 Å². The van der Waals surface area contributed by atoms with Gasteiger partial charge in [0.15, 0.2) is 6.61 Å². The van der Waals surface area contributed by atoms with Gasteiger partial charge < -0.3 is 4.74 Å². The smallest absolute Gasteiger partial charge is 0.271 e. The van der Waals surface area contributed by atoms with E-state index in [9.17, 15) is 9.18 Å². The molecule has 0 bridgehead atoms. The van der Waals surface area contributed by atoms with Crippen molar-refractivity contribution >= 4 is 5.91 Å². The molecule has 0 aliphatic rings. The van der Waals surface area contributed by atoms with Crippen LogP contribution in [0.5, 0.6) is 5.75 Å². The first-order valence-electron chi connectivity index (χ1n) is 4.06. The number of benzene rings is 1. The number of ether oxygens (including phenoxy) is 1. The molecule has 1 aromatic rings. The van der Waals surface area contributed by atoms with Crippen LogP contribution in [-0.2, 0) is 4.79 Å². The third kappa shape index (κ3) is 3.40. The number of hydrogen-bond donors (Lipinski definition) is 2. The largest absolute Gasteiger partial charge is 0.484 e. The molecule has 1 aromatic carbocycles. The second-order valence-electron chi connectivity index (χ2n) is 2.54. The van der Waals surface area contributed by atoms with Gasteiger partial charge in [0.2, 0.25) is 0 Å². The number of amides is 1. The summed E-state index contributed by atoms with van der Waals surface area (Å²) in [6, 6.07) is 5.46. The quantitative estimate of drug-likeness (QED) is 0.691. The summed E-state index contributed by atoms with van der Waals surface area (Å²) < 4.78 is 17.5. The third-order valence-electron chi connectivity index (χ3n) is 1.45. The van der Waals surface area contributed by atoms with Crippen LogP contribution in [0.4, 0.5) is 4.39 Å². The van der Waals surface area contributed by atoms with Gasteiger partial charge in [-0.2, -0.15) is 0 Å². The van der Waals surface area contributed by atoms with Gasteiger partial charge in [-0.1, -0.05) is 0 Å². The number of nitrogens with one attached hydrogen (secondary N) is 2. The standard InChI is InChI=1S/C9H11FN2O2/c1-11-12-9(13)6-14-8-4-2-7(10)3-5-8/h2-5,11H,6H2,1H3,(H,12,13). The van der Waals surface area contributed by atoms with Crippen LogP contribution in [0.1, 0.15) is 0 Å². The minimum absolute atomic E-state index is 0.105. The van der Waals surface area contributed by atoms with Crippen molar-refractivity contribution in [1.29, 1.82) is 0 Å². The highest BCUT2D eigenvalue weighted by Gasteiger charge is 2.00. The van der Waals surface area contributed by atoms with E-state index in [1.165, 1.54) is 24.3 Å². The molecule has 5 heteroatoms. The molecule has 0 saturated heterocycles. The predicted molar refractivity (Wildman–Crippen MR) is 49.1 cm³/mol. The van der Waals surface area contributed by atoms with Crippen LogP contribution < -0.4 is 15.6 Å². The Morgan fingerprint density at radius 2 is 2.07 bits per heavy atom. The molecule has 1 rings (SSSR count). The monoisotopic (exact) mass is 198 g/mol. The van der Waals surface area contributed by atoms with Gasteiger partial charge in [-0.05, 0) is 24.3 Å². The second kappa shape index (κ2) is 5.18. The Hall–Kier alpha value is -1.62. The van der Waals surface area contributed by atoms with E-state index in [1.54, 1.807) is 7.05 Å². The number of carbonyl (C=O) groups is 1. The van der Waals surface area contributed by atoms with Crippen LogP contribution in [-0.4, -0.2) is 19.6 Å². The maximum Gasteiger partial charge on any atom is 0.271 e. The summed E-state index contributed by atoms with van der Waals surface area (Å²) in [4.78, 5) is 10.9. The predicted octanol–water partition coefficient (Wildman–Crippen LogP) is 0.455. The van der Waals surface area contributed by atoms with Gasteiger partial charge in [0, 0.05) is 7.05 Å². The average Bonchev–Trinajstić information content (AvgIpc) is 2.17. The maximum absolute atomic E-state index is 12.5. The fourth-order valence-corrected chi connectivity index (χ4v) is 0.855. The van der Waals surface area contributed by atoms with Crippen LogP contribution >= 0.6 is 0 Å². The molecule has 0 radical (unpaired) electrons. The number of hydrazine groups is 1. The molecule has 0 saturated carbocycles. The van der Waals surface area contributed by atoms with Gasteiger partial charge in [-0.15, -0.1) is 0 Å². The van der Waals surface area contributed by atoms with E-state index in [0.717, 1.165) is 0 Å². The van der Waals surface area contributed by atoms with E-state index in [0.29, 0.717) is 5.75 Å². The highest BCUT2D eigenvalue weighted by atomic mass is 19.1.